The van der Waals surface area contributed by atoms with Crippen molar-refractivity contribution in [3.8, 4) is 22.2 Å². The largest absolute Gasteiger partial charge is 0.444 e. The van der Waals surface area contributed by atoms with Crippen LogP contribution in [-0.4, -0.2) is 19.7 Å². The van der Waals surface area contributed by atoms with E-state index in [1.807, 2.05) is 6.07 Å². The fraction of sp³-hybridized carbons (Fsp3) is 0.211. The standard InChI is InChI=1S/C19H15FN4OS2/c20-13-4-1-3-12(9-13)18-21-14(10-25-18)11-27-19-23-22-17(16-5-2-8-26-16)24(19)15-6-7-15/h1-5,8-10,15H,6-7,11H2. The number of nitrogens with zero attached hydrogens (tertiary/aromatic N) is 4. The van der Waals surface area contributed by atoms with Crippen molar-refractivity contribution in [1.29, 1.82) is 0 Å². The lowest BCUT2D eigenvalue weighted by Gasteiger charge is -2.06. The highest BCUT2D eigenvalue weighted by atomic mass is 32.2. The summed E-state index contributed by atoms with van der Waals surface area (Å²) in [5.41, 5.74) is 1.43. The molecule has 136 valence electrons. The Morgan fingerprint density at radius 3 is 2.93 bits per heavy atom. The first-order valence-electron chi connectivity index (χ1n) is 8.60. The molecule has 1 aliphatic rings. The van der Waals surface area contributed by atoms with Gasteiger partial charge in [-0.25, -0.2) is 9.37 Å². The third-order valence-electron chi connectivity index (χ3n) is 4.29. The molecule has 4 aromatic rings. The minimum atomic E-state index is -0.305. The van der Waals surface area contributed by atoms with Crippen molar-refractivity contribution in [2.45, 2.75) is 29.8 Å². The molecule has 27 heavy (non-hydrogen) atoms. The molecule has 0 atom stereocenters. The summed E-state index contributed by atoms with van der Waals surface area (Å²) in [6.07, 6.45) is 3.95. The number of halogens is 1. The average molecular weight is 398 g/mol. The van der Waals surface area contributed by atoms with E-state index in [0.717, 1.165) is 34.4 Å². The van der Waals surface area contributed by atoms with Gasteiger partial charge < -0.3 is 4.42 Å². The van der Waals surface area contributed by atoms with Gasteiger partial charge in [-0.05, 0) is 42.5 Å². The molecule has 0 unspecified atom stereocenters. The van der Waals surface area contributed by atoms with Gasteiger partial charge >= 0.3 is 0 Å². The fourth-order valence-corrected chi connectivity index (χ4v) is 4.47. The zero-order valence-electron chi connectivity index (χ0n) is 14.2. The van der Waals surface area contributed by atoms with Crippen LogP contribution >= 0.6 is 23.1 Å². The van der Waals surface area contributed by atoms with Crippen molar-refractivity contribution in [3.05, 3.63) is 59.6 Å². The van der Waals surface area contributed by atoms with Gasteiger partial charge in [0, 0.05) is 17.4 Å². The highest BCUT2D eigenvalue weighted by Gasteiger charge is 2.30. The molecule has 3 aromatic heterocycles. The summed E-state index contributed by atoms with van der Waals surface area (Å²) in [6, 6.07) is 10.8. The lowest BCUT2D eigenvalue weighted by Crippen LogP contribution is -1.99. The number of hydrogen-bond donors (Lipinski definition) is 0. The van der Waals surface area contributed by atoms with Crippen LogP contribution in [0.4, 0.5) is 4.39 Å². The van der Waals surface area contributed by atoms with Crippen molar-refractivity contribution in [2.24, 2.45) is 0 Å². The van der Waals surface area contributed by atoms with Gasteiger partial charge in [0.1, 0.15) is 12.1 Å². The van der Waals surface area contributed by atoms with Crippen molar-refractivity contribution < 1.29 is 8.81 Å². The van der Waals surface area contributed by atoms with E-state index in [2.05, 4.69) is 31.2 Å². The summed E-state index contributed by atoms with van der Waals surface area (Å²) < 4.78 is 21.1. The second-order valence-corrected chi connectivity index (χ2v) is 8.22. The number of thioether (sulfide) groups is 1. The minimum Gasteiger partial charge on any atom is -0.444 e. The lowest BCUT2D eigenvalue weighted by molar-refractivity contribution is 0.571. The molecule has 0 radical (unpaired) electrons. The summed E-state index contributed by atoms with van der Waals surface area (Å²) in [5.74, 6) is 1.68. The van der Waals surface area contributed by atoms with Gasteiger partial charge in [0.2, 0.25) is 5.89 Å². The molecule has 1 saturated carbocycles. The quantitative estimate of drug-likeness (QED) is 0.406. The summed E-state index contributed by atoms with van der Waals surface area (Å²) in [6.45, 7) is 0. The number of benzene rings is 1. The van der Waals surface area contributed by atoms with Crippen LogP contribution in [0, 0.1) is 5.82 Å². The van der Waals surface area contributed by atoms with Gasteiger partial charge in [-0.3, -0.25) is 4.57 Å². The Morgan fingerprint density at radius 1 is 1.22 bits per heavy atom. The van der Waals surface area contributed by atoms with Crippen molar-refractivity contribution >= 4 is 23.1 Å². The Bertz CT molecular complexity index is 1070. The first kappa shape index (κ1) is 16.7. The maximum Gasteiger partial charge on any atom is 0.226 e. The monoisotopic (exact) mass is 398 g/mol. The van der Waals surface area contributed by atoms with Gasteiger partial charge in [-0.15, -0.1) is 21.5 Å². The number of oxazole rings is 1. The van der Waals surface area contributed by atoms with Crippen molar-refractivity contribution in [1.82, 2.24) is 19.7 Å². The SMILES string of the molecule is Fc1cccc(-c2nc(CSc3nnc(-c4cccs4)n3C3CC3)co2)c1. The predicted octanol–water partition coefficient (Wildman–Crippen LogP) is 5.43. The van der Waals surface area contributed by atoms with Gasteiger partial charge in [0.25, 0.3) is 0 Å². The summed E-state index contributed by atoms with van der Waals surface area (Å²) >= 11 is 3.27. The highest BCUT2D eigenvalue weighted by Crippen LogP contribution is 2.42. The fourth-order valence-electron chi connectivity index (χ4n) is 2.88. The van der Waals surface area contributed by atoms with E-state index >= 15 is 0 Å². The Balaban J connectivity index is 1.35. The van der Waals surface area contributed by atoms with E-state index in [4.69, 9.17) is 4.42 Å². The van der Waals surface area contributed by atoms with Crippen LogP contribution in [0.15, 0.2) is 57.6 Å². The Kier molecular flexibility index (Phi) is 4.29. The molecular formula is C19H15FN4OS2. The van der Waals surface area contributed by atoms with Crippen LogP contribution < -0.4 is 0 Å². The van der Waals surface area contributed by atoms with Crippen molar-refractivity contribution in [2.75, 3.05) is 0 Å². The zero-order valence-corrected chi connectivity index (χ0v) is 15.8. The first-order chi connectivity index (χ1) is 13.3. The van der Waals surface area contributed by atoms with E-state index in [0.29, 0.717) is 23.2 Å². The molecule has 0 amide bonds. The average Bonchev–Trinajstić information content (AvgIpc) is 3.09. The van der Waals surface area contributed by atoms with Crippen LogP contribution in [0.5, 0.6) is 0 Å². The molecule has 0 spiro atoms. The molecular weight excluding hydrogens is 383 g/mol. The van der Waals surface area contributed by atoms with Crippen molar-refractivity contribution in [3.63, 3.8) is 0 Å². The first-order valence-corrected chi connectivity index (χ1v) is 10.5. The van der Waals surface area contributed by atoms with Crippen LogP contribution in [-0.2, 0) is 5.75 Å². The van der Waals surface area contributed by atoms with Crippen LogP contribution in [0.3, 0.4) is 0 Å². The van der Waals surface area contributed by atoms with Gasteiger partial charge in [0.05, 0.1) is 10.6 Å². The number of hydrogen-bond acceptors (Lipinski definition) is 6. The van der Waals surface area contributed by atoms with E-state index in [9.17, 15) is 4.39 Å². The highest BCUT2D eigenvalue weighted by molar-refractivity contribution is 7.98. The molecule has 1 aromatic carbocycles. The summed E-state index contributed by atoms with van der Waals surface area (Å²) in [4.78, 5) is 5.61. The normalized spacial score (nSPS) is 14.0. The van der Waals surface area contributed by atoms with E-state index < -0.39 is 0 Å². The number of aromatic nitrogens is 4. The third kappa shape index (κ3) is 3.42. The maximum absolute atomic E-state index is 13.4. The molecule has 8 heteroatoms. The van der Waals surface area contributed by atoms with E-state index in [1.165, 1.54) is 12.1 Å². The molecule has 5 nitrogen and oxygen atoms in total. The Hall–Kier alpha value is -2.45. The summed E-state index contributed by atoms with van der Waals surface area (Å²) in [7, 11) is 0. The second kappa shape index (κ2) is 6.94. The van der Waals surface area contributed by atoms with Gasteiger partial charge in [-0.2, -0.15) is 0 Å². The van der Waals surface area contributed by atoms with Crippen LogP contribution in [0.2, 0.25) is 0 Å². The van der Waals surface area contributed by atoms with Crippen LogP contribution in [0.25, 0.3) is 22.2 Å². The zero-order chi connectivity index (χ0) is 18.2. The number of rotatable bonds is 6. The molecule has 0 saturated heterocycles. The minimum absolute atomic E-state index is 0.305. The molecule has 3 heterocycles. The van der Waals surface area contributed by atoms with Crippen LogP contribution in [0.1, 0.15) is 24.6 Å². The Morgan fingerprint density at radius 2 is 2.15 bits per heavy atom. The molecule has 0 N–H and O–H groups in total. The Labute approximate surface area is 163 Å². The predicted molar refractivity (Wildman–Crippen MR) is 103 cm³/mol. The molecule has 1 fully saturated rings. The molecule has 0 aliphatic heterocycles. The maximum atomic E-state index is 13.4. The molecule has 5 rings (SSSR count). The van der Waals surface area contributed by atoms with Gasteiger partial charge in [-0.1, -0.05) is 23.9 Å². The molecule has 1 aliphatic carbocycles. The lowest BCUT2D eigenvalue weighted by atomic mass is 10.2. The van der Waals surface area contributed by atoms with E-state index in [-0.39, 0.29) is 5.82 Å². The van der Waals surface area contributed by atoms with Gasteiger partial charge in [0.15, 0.2) is 11.0 Å². The topological polar surface area (TPSA) is 56.7 Å². The third-order valence-corrected chi connectivity index (χ3v) is 6.13. The number of thiophene rings is 1. The second-order valence-electron chi connectivity index (χ2n) is 6.33. The summed E-state index contributed by atoms with van der Waals surface area (Å²) in [5, 5.41) is 11.8. The smallest absolute Gasteiger partial charge is 0.226 e. The van der Waals surface area contributed by atoms with E-state index in [1.54, 1.807) is 41.5 Å². The molecule has 0 bridgehead atoms.